The number of likely N-dealkylation sites (N-methyl/N-ethyl adjacent to an activating group) is 2. The van der Waals surface area contributed by atoms with Gasteiger partial charge in [0.15, 0.2) is 0 Å². The molecule has 0 fully saturated rings. The molecule has 0 saturated carbocycles. The first-order chi connectivity index (χ1) is 8.19. The van der Waals surface area contributed by atoms with Crippen molar-refractivity contribution in [3.05, 3.63) is 29.8 Å². The summed E-state index contributed by atoms with van der Waals surface area (Å²) in [7, 11) is 3.68. The van der Waals surface area contributed by atoms with Crippen molar-refractivity contribution in [2.45, 2.75) is 16.6 Å². The average molecular weight is 250 g/mol. The molecule has 0 aromatic heterocycles. The van der Waals surface area contributed by atoms with Crippen molar-refractivity contribution in [1.29, 1.82) is 0 Å². The normalized spacial score (nSPS) is 18.2. The molecule has 0 radical (unpaired) electrons. The number of hydrogen-bond donors (Lipinski definition) is 1. The zero-order valence-corrected chi connectivity index (χ0v) is 11.1. The smallest absolute Gasteiger partial charge is 0.233 e. The number of carbonyl (C=O) groups is 1. The molecule has 1 aliphatic heterocycles. The highest BCUT2D eigenvalue weighted by Crippen LogP contribution is 2.36. The summed E-state index contributed by atoms with van der Waals surface area (Å²) in [5, 5.41) is 3.22. The van der Waals surface area contributed by atoms with Crippen molar-refractivity contribution < 1.29 is 4.79 Å². The summed E-state index contributed by atoms with van der Waals surface area (Å²) >= 11 is 1.93. The minimum absolute atomic E-state index is 0.0769. The number of amides is 1. The number of nitrogens with zero attached hydrogens (tertiary/aromatic N) is 1. The van der Waals surface area contributed by atoms with E-state index in [0.717, 1.165) is 13.0 Å². The van der Waals surface area contributed by atoms with Crippen molar-refractivity contribution in [1.82, 2.24) is 10.2 Å². The Morgan fingerprint density at radius 3 is 3.00 bits per heavy atom. The standard InChI is InChI=1S/C13H18N2OS/c1-14-13(16)9-15(2)8-11-7-10-5-3-4-6-12(10)17-11/h3-6,11H,7-9H2,1-2H3,(H,14,16). The fraction of sp³-hybridized carbons (Fsp3) is 0.462. The first-order valence-corrected chi connectivity index (χ1v) is 6.70. The second kappa shape index (κ2) is 5.56. The summed E-state index contributed by atoms with van der Waals surface area (Å²) in [4.78, 5) is 14.7. The maximum absolute atomic E-state index is 11.3. The van der Waals surface area contributed by atoms with E-state index in [-0.39, 0.29) is 5.91 Å². The number of nitrogens with one attached hydrogen (secondary N) is 1. The molecule has 4 heteroatoms. The molecule has 1 amide bonds. The van der Waals surface area contributed by atoms with Crippen LogP contribution in [0, 0.1) is 0 Å². The van der Waals surface area contributed by atoms with E-state index in [9.17, 15) is 4.79 Å². The molecule has 1 aromatic rings. The molecule has 0 spiro atoms. The fourth-order valence-electron chi connectivity index (χ4n) is 2.09. The first kappa shape index (κ1) is 12.5. The molecule has 1 heterocycles. The van der Waals surface area contributed by atoms with E-state index >= 15 is 0 Å². The zero-order chi connectivity index (χ0) is 12.3. The third-order valence-electron chi connectivity index (χ3n) is 2.92. The van der Waals surface area contributed by atoms with Crippen molar-refractivity contribution in [3.8, 4) is 0 Å². The number of rotatable bonds is 4. The van der Waals surface area contributed by atoms with E-state index in [1.807, 2.05) is 18.8 Å². The van der Waals surface area contributed by atoms with Gasteiger partial charge in [-0.3, -0.25) is 9.69 Å². The van der Waals surface area contributed by atoms with Gasteiger partial charge in [-0.2, -0.15) is 0 Å². The Kier molecular flexibility index (Phi) is 4.07. The lowest BCUT2D eigenvalue weighted by Crippen LogP contribution is -2.36. The Labute approximate surface area is 107 Å². The van der Waals surface area contributed by atoms with Gasteiger partial charge < -0.3 is 5.32 Å². The SMILES string of the molecule is CNC(=O)CN(C)CC1Cc2ccccc2S1. The van der Waals surface area contributed by atoms with Crippen molar-refractivity contribution in [2.24, 2.45) is 0 Å². The average Bonchev–Trinajstić information content (AvgIpc) is 2.70. The number of carbonyl (C=O) groups excluding carboxylic acids is 1. The van der Waals surface area contributed by atoms with Crippen LogP contribution in [0.5, 0.6) is 0 Å². The molecular weight excluding hydrogens is 232 g/mol. The second-order valence-electron chi connectivity index (χ2n) is 4.42. The van der Waals surface area contributed by atoms with Gasteiger partial charge in [0.1, 0.15) is 0 Å². The lowest BCUT2D eigenvalue weighted by atomic mass is 10.1. The Morgan fingerprint density at radius 1 is 1.53 bits per heavy atom. The lowest BCUT2D eigenvalue weighted by molar-refractivity contribution is -0.121. The third-order valence-corrected chi connectivity index (χ3v) is 4.22. The lowest BCUT2D eigenvalue weighted by Gasteiger charge is -2.19. The van der Waals surface area contributed by atoms with Gasteiger partial charge in [0.25, 0.3) is 0 Å². The quantitative estimate of drug-likeness (QED) is 0.876. The predicted molar refractivity (Wildman–Crippen MR) is 71.4 cm³/mol. The van der Waals surface area contributed by atoms with Crippen LogP contribution in [0.3, 0.4) is 0 Å². The van der Waals surface area contributed by atoms with E-state index in [1.54, 1.807) is 7.05 Å². The number of hydrogen-bond acceptors (Lipinski definition) is 3. The summed E-state index contributed by atoms with van der Waals surface area (Å²) in [6, 6.07) is 8.55. The largest absolute Gasteiger partial charge is 0.358 e. The maximum atomic E-state index is 11.3. The maximum Gasteiger partial charge on any atom is 0.233 e. The molecular formula is C13H18N2OS. The van der Waals surface area contributed by atoms with Gasteiger partial charge in [0, 0.05) is 23.7 Å². The molecule has 2 rings (SSSR count). The highest BCUT2D eigenvalue weighted by Gasteiger charge is 2.23. The van der Waals surface area contributed by atoms with Crippen LogP contribution in [-0.2, 0) is 11.2 Å². The molecule has 1 aromatic carbocycles. The molecule has 0 bridgehead atoms. The van der Waals surface area contributed by atoms with Gasteiger partial charge in [0.05, 0.1) is 6.54 Å². The van der Waals surface area contributed by atoms with Gasteiger partial charge in [-0.05, 0) is 25.1 Å². The fourth-order valence-corrected chi connectivity index (χ4v) is 3.50. The number of benzene rings is 1. The van der Waals surface area contributed by atoms with E-state index in [1.165, 1.54) is 10.5 Å². The predicted octanol–water partition coefficient (Wildman–Crippen LogP) is 1.38. The Hall–Kier alpha value is -1.00. The van der Waals surface area contributed by atoms with Crippen LogP contribution in [-0.4, -0.2) is 43.2 Å². The zero-order valence-electron chi connectivity index (χ0n) is 10.3. The molecule has 92 valence electrons. The van der Waals surface area contributed by atoms with E-state index in [2.05, 4.69) is 34.5 Å². The highest BCUT2D eigenvalue weighted by atomic mass is 32.2. The molecule has 3 nitrogen and oxygen atoms in total. The van der Waals surface area contributed by atoms with Crippen molar-refractivity contribution >= 4 is 17.7 Å². The van der Waals surface area contributed by atoms with E-state index in [4.69, 9.17) is 0 Å². The molecule has 17 heavy (non-hydrogen) atoms. The minimum Gasteiger partial charge on any atom is -0.358 e. The van der Waals surface area contributed by atoms with Gasteiger partial charge in [-0.25, -0.2) is 0 Å². The van der Waals surface area contributed by atoms with Crippen LogP contribution < -0.4 is 5.32 Å². The van der Waals surface area contributed by atoms with Crippen molar-refractivity contribution in [2.75, 3.05) is 27.2 Å². The van der Waals surface area contributed by atoms with Crippen molar-refractivity contribution in [3.63, 3.8) is 0 Å². The molecule has 1 aliphatic rings. The third kappa shape index (κ3) is 3.23. The van der Waals surface area contributed by atoms with Crippen LogP contribution in [0.2, 0.25) is 0 Å². The number of thioether (sulfide) groups is 1. The highest BCUT2D eigenvalue weighted by molar-refractivity contribution is 8.00. The topological polar surface area (TPSA) is 32.3 Å². The monoisotopic (exact) mass is 250 g/mol. The van der Waals surface area contributed by atoms with Crippen LogP contribution in [0.1, 0.15) is 5.56 Å². The second-order valence-corrected chi connectivity index (χ2v) is 5.76. The summed E-state index contributed by atoms with van der Waals surface area (Å²) in [6.45, 7) is 1.43. The van der Waals surface area contributed by atoms with Crippen LogP contribution in [0.25, 0.3) is 0 Å². The summed E-state index contributed by atoms with van der Waals surface area (Å²) < 4.78 is 0. The van der Waals surface area contributed by atoms with Gasteiger partial charge in [-0.1, -0.05) is 18.2 Å². The van der Waals surface area contributed by atoms with Crippen LogP contribution >= 0.6 is 11.8 Å². The number of fused-ring (bicyclic) bond motifs is 1. The van der Waals surface area contributed by atoms with Crippen LogP contribution in [0.15, 0.2) is 29.2 Å². The van der Waals surface area contributed by atoms with Crippen LogP contribution in [0.4, 0.5) is 0 Å². The first-order valence-electron chi connectivity index (χ1n) is 5.82. The molecule has 0 aliphatic carbocycles. The summed E-state index contributed by atoms with van der Waals surface area (Å²) in [5.74, 6) is 0.0769. The Balaban J connectivity index is 1.85. The summed E-state index contributed by atoms with van der Waals surface area (Å²) in [6.07, 6.45) is 1.11. The molecule has 1 N–H and O–H groups in total. The molecule has 1 unspecified atom stereocenters. The molecule has 1 atom stereocenters. The Morgan fingerprint density at radius 2 is 2.29 bits per heavy atom. The van der Waals surface area contributed by atoms with E-state index < -0.39 is 0 Å². The summed E-state index contributed by atoms with van der Waals surface area (Å²) in [5.41, 5.74) is 1.44. The van der Waals surface area contributed by atoms with Gasteiger partial charge in [0.2, 0.25) is 5.91 Å². The minimum atomic E-state index is 0.0769. The van der Waals surface area contributed by atoms with Gasteiger partial charge >= 0.3 is 0 Å². The van der Waals surface area contributed by atoms with Gasteiger partial charge in [-0.15, -0.1) is 11.8 Å². The molecule has 0 saturated heterocycles. The Bertz CT molecular complexity index is 383. The van der Waals surface area contributed by atoms with E-state index in [0.29, 0.717) is 11.8 Å².